The van der Waals surface area contributed by atoms with Gasteiger partial charge in [0, 0.05) is 32.2 Å². The zero-order chi connectivity index (χ0) is 17.8. The predicted octanol–water partition coefficient (Wildman–Crippen LogP) is -0.531. The van der Waals surface area contributed by atoms with Crippen LogP contribution in [0.4, 0.5) is 0 Å². The number of aryl methyl sites for hydroxylation is 1. The van der Waals surface area contributed by atoms with Crippen molar-refractivity contribution in [3.8, 4) is 5.88 Å². The number of fused-ring (bicyclic) bond motifs is 1. The molecule has 2 aromatic rings. The molecule has 0 unspecified atom stereocenters. The first-order valence-electron chi connectivity index (χ1n) is 8.25. The van der Waals surface area contributed by atoms with Gasteiger partial charge in [-0.2, -0.15) is 0 Å². The molecule has 9 heteroatoms. The lowest BCUT2D eigenvalue weighted by Gasteiger charge is -2.28. The second-order valence-electron chi connectivity index (χ2n) is 5.97. The molecule has 1 amide bonds. The molecule has 3 heterocycles. The standard InChI is InChI=1S/C16H23N5O4/c1-11-15(21-13(18-11)3-4-14(19-21)24-2)16(23)17-9-12(22)10-20-5-7-25-8-6-20/h3-4,12,22H,5-10H2,1-2H3,(H,17,23)/t12-/m0/s1. The highest BCUT2D eigenvalue weighted by Crippen LogP contribution is 2.14. The van der Waals surface area contributed by atoms with Gasteiger partial charge < -0.3 is 19.9 Å². The van der Waals surface area contributed by atoms with Crippen LogP contribution < -0.4 is 10.1 Å². The van der Waals surface area contributed by atoms with Crippen LogP contribution in [-0.4, -0.2) is 83.1 Å². The molecule has 0 bridgehead atoms. The number of imidazole rings is 1. The molecule has 1 saturated heterocycles. The number of hydrogen-bond donors (Lipinski definition) is 2. The lowest BCUT2D eigenvalue weighted by molar-refractivity contribution is 0.0149. The number of nitrogens with zero attached hydrogens (tertiary/aromatic N) is 4. The zero-order valence-electron chi connectivity index (χ0n) is 14.4. The first-order valence-corrected chi connectivity index (χ1v) is 8.25. The van der Waals surface area contributed by atoms with E-state index in [1.807, 2.05) is 0 Å². The molecular formula is C16H23N5O4. The Balaban J connectivity index is 1.64. The largest absolute Gasteiger partial charge is 0.480 e. The fourth-order valence-electron chi connectivity index (χ4n) is 2.84. The third-order valence-corrected chi connectivity index (χ3v) is 4.12. The van der Waals surface area contributed by atoms with Gasteiger partial charge in [0.25, 0.3) is 5.91 Å². The Kier molecular flexibility index (Phi) is 5.47. The molecule has 25 heavy (non-hydrogen) atoms. The van der Waals surface area contributed by atoms with E-state index in [0.29, 0.717) is 42.7 Å². The number of amides is 1. The molecule has 1 aliphatic heterocycles. The molecule has 136 valence electrons. The molecule has 0 aromatic carbocycles. The summed E-state index contributed by atoms with van der Waals surface area (Å²) in [5.41, 5.74) is 1.48. The minimum Gasteiger partial charge on any atom is -0.480 e. The van der Waals surface area contributed by atoms with Crippen molar-refractivity contribution in [3.63, 3.8) is 0 Å². The van der Waals surface area contributed by atoms with Crippen LogP contribution in [0.5, 0.6) is 5.88 Å². The molecule has 1 atom stereocenters. The van der Waals surface area contributed by atoms with Gasteiger partial charge in [0.15, 0.2) is 11.3 Å². The molecule has 1 fully saturated rings. The maximum absolute atomic E-state index is 12.5. The maximum atomic E-state index is 12.5. The number of β-amino-alcohol motifs (C(OH)–C–C–N with tert-alkyl or cyclic N) is 1. The van der Waals surface area contributed by atoms with E-state index in [9.17, 15) is 9.90 Å². The molecule has 2 aromatic heterocycles. The van der Waals surface area contributed by atoms with Crippen molar-refractivity contribution >= 4 is 11.6 Å². The van der Waals surface area contributed by atoms with Crippen molar-refractivity contribution < 1.29 is 19.4 Å². The Labute approximate surface area is 145 Å². The number of rotatable bonds is 6. The van der Waals surface area contributed by atoms with E-state index < -0.39 is 6.10 Å². The minimum absolute atomic E-state index is 0.160. The number of aromatic nitrogens is 3. The van der Waals surface area contributed by atoms with Crippen LogP contribution in [0.15, 0.2) is 12.1 Å². The topological polar surface area (TPSA) is 101 Å². The molecular weight excluding hydrogens is 326 g/mol. The van der Waals surface area contributed by atoms with Gasteiger partial charge in [0.2, 0.25) is 5.88 Å². The molecule has 0 aliphatic carbocycles. The highest BCUT2D eigenvalue weighted by atomic mass is 16.5. The Morgan fingerprint density at radius 1 is 1.44 bits per heavy atom. The van der Waals surface area contributed by atoms with Gasteiger partial charge in [0.1, 0.15) is 0 Å². The Bertz CT molecular complexity index is 741. The molecule has 2 N–H and O–H groups in total. The molecule has 3 rings (SSSR count). The third kappa shape index (κ3) is 4.06. The van der Waals surface area contributed by atoms with E-state index in [-0.39, 0.29) is 12.5 Å². The molecule has 9 nitrogen and oxygen atoms in total. The van der Waals surface area contributed by atoms with Gasteiger partial charge in [-0.15, -0.1) is 5.10 Å². The summed E-state index contributed by atoms with van der Waals surface area (Å²) in [6.45, 7) is 5.35. The van der Waals surface area contributed by atoms with Gasteiger partial charge in [-0.05, 0) is 13.0 Å². The van der Waals surface area contributed by atoms with Crippen molar-refractivity contribution in [3.05, 3.63) is 23.5 Å². The van der Waals surface area contributed by atoms with Crippen molar-refractivity contribution in [2.24, 2.45) is 0 Å². The lowest BCUT2D eigenvalue weighted by Crippen LogP contribution is -2.44. The summed E-state index contributed by atoms with van der Waals surface area (Å²) in [5, 5.41) is 17.2. The van der Waals surface area contributed by atoms with E-state index >= 15 is 0 Å². The molecule has 0 radical (unpaired) electrons. The fraction of sp³-hybridized carbons (Fsp3) is 0.562. The van der Waals surface area contributed by atoms with E-state index in [0.717, 1.165) is 13.1 Å². The van der Waals surface area contributed by atoms with Crippen LogP contribution in [-0.2, 0) is 4.74 Å². The van der Waals surface area contributed by atoms with Gasteiger partial charge in [-0.25, -0.2) is 9.50 Å². The second kappa shape index (κ2) is 7.77. The van der Waals surface area contributed by atoms with Crippen LogP contribution in [0.2, 0.25) is 0 Å². The Hall–Kier alpha value is -2.23. The summed E-state index contributed by atoms with van der Waals surface area (Å²) in [6, 6.07) is 3.43. The van der Waals surface area contributed by atoms with Gasteiger partial charge in [-0.1, -0.05) is 0 Å². The number of carbonyl (C=O) groups excluding carboxylic acids is 1. The summed E-state index contributed by atoms with van der Waals surface area (Å²) >= 11 is 0. The van der Waals surface area contributed by atoms with Gasteiger partial charge in [0.05, 0.1) is 32.1 Å². The van der Waals surface area contributed by atoms with E-state index in [4.69, 9.17) is 9.47 Å². The number of aliphatic hydroxyl groups excluding tert-OH is 1. The number of methoxy groups -OCH3 is 1. The quantitative estimate of drug-likeness (QED) is 0.723. The Morgan fingerprint density at radius 3 is 2.92 bits per heavy atom. The summed E-state index contributed by atoms with van der Waals surface area (Å²) in [7, 11) is 1.51. The summed E-state index contributed by atoms with van der Waals surface area (Å²) in [6.07, 6.45) is -0.649. The SMILES string of the molecule is COc1ccc2nc(C)c(C(=O)NC[C@H](O)CN3CCOCC3)n2n1. The number of carbonyl (C=O) groups is 1. The first kappa shape index (κ1) is 17.6. The predicted molar refractivity (Wildman–Crippen MR) is 89.9 cm³/mol. The number of aliphatic hydroxyl groups is 1. The van der Waals surface area contributed by atoms with Gasteiger partial charge >= 0.3 is 0 Å². The zero-order valence-corrected chi connectivity index (χ0v) is 14.4. The lowest BCUT2D eigenvalue weighted by atomic mass is 10.2. The highest BCUT2D eigenvalue weighted by molar-refractivity contribution is 5.94. The van der Waals surface area contributed by atoms with Crippen LogP contribution >= 0.6 is 0 Å². The van der Waals surface area contributed by atoms with Gasteiger partial charge in [-0.3, -0.25) is 9.69 Å². The van der Waals surface area contributed by atoms with Crippen LogP contribution in [0.3, 0.4) is 0 Å². The highest BCUT2D eigenvalue weighted by Gasteiger charge is 2.20. The number of nitrogens with one attached hydrogen (secondary N) is 1. The van der Waals surface area contributed by atoms with Crippen molar-refractivity contribution in [1.82, 2.24) is 24.8 Å². The number of hydrogen-bond acceptors (Lipinski definition) is 7. The number of morpholine rings is 1. The van der Waals surface area contributed by atoms with E-state index in [1.165, 1.54) is 11.6 Å². The van der Waals surface area contributed by atoms with Crippen LogP contribution in [0.1, 0.15) is 16.2 Å². The summed E-state index contributed by atoms with van der Waals surface area (Å²) in [5.74, 6) is 0.0677. The average molecular weight is 349 g/mol. The third-order valence-electron chi connectivity index (χ3n) is 4.12. The average Bonchev–Trinajstić information content (AvgIpc) is 2.95. The molecule has 0 saturated carbocycles. The smallest absolute Gasteiger partial charge is 0.272 e. The maximum Gasteiger partial charge on any atom is 0.272 e. The van der Waals surface area contributed by atoms with Crippen molar-refractivity contribution in [2.45, 2.75) is 13.0 Å². The van der Waals surface area contributed by atoms with E-state index in [2.05, 4.69) is 20.3 Å². The van der Waals surface area contributed by atoms with Crippen LogP contribution in [0, 0.1) is 6.92 Å². The fourth-order valence-corrected chi connectivity index (χ4v) is 2.84. The van der Waals surface area contributed by atoms with Crippen molar-refractivity contribution in [2.75, 3.05) is 46.5 Å². The van der Waals surface area contributed by atoms with Crippen molar-refractivity contribution in [1.29, 1.82) is 0 Å². The first-order chi connectivity index (χ1) is 12.1. The molecule has 0 spiro atoms. The van der Waals surface area contributed by atoms with E-state index in [1.54, 1.807) is 19.1 Å². The Morgan fingerprint density at radius 2 is 2.20 bits per heavy atom. The van der Waals surface area contributed by atoms with Crippen LogP contribution in [0.25, 0.3) is 5.65 Å². The monoisotopic (exact) mass is 349 g/mol. The summed E-state index contributed by atoms with van der Waals surface area (Å²) < 4.78 is 11.8. The molecule has 1 aliphatic rings. The minimum atomic E-state index is -0.649. The second-order valence-corrected chi connectivity index (χ2v) is 5.97. The normalized spacial score (nSPS) is 16.8. The number of ether oxygens (including phenoxy) is 2. The summed E-state index contributed by atoms with van der Waals surface area (Å²) in [4.78, 5) is 19.0.